The molecule has 108 valence electrons. The summed E-state index contributed by atoms with van der Waals surface area (Å²) in [4.78, 5) is 17.7. The minimum Gasteiger partial charge on any atom is -0.379 e. The molecule has 2 N–H and O–H groups in total. The third-order valence-corrected chi connectivity index (χ3v) is 4.03. The Hall–Kier alpha value is -2.18. The normalized spacial score (nSPS) is 19.2. The second-order valence-electron chi connectivity index (χ2n) is 5.32. The van der Waals surface area contributed by atoms with Gasteiger partial charge in [-0.3, -0.25) is 9.69 Å². The first-order chi connectivity index (χ1) is 10.3. The van der Waals surface area contributed by atoms with Gasteiger partial charge in [0.1, 0.15) is 0 Å². The van der Waals surface area contributed by atoms with E-state index >= 15 is 0 Å². The zero-order valence-electron chi connectivity index (χ0n) is 11.6. The molecule has 1 amide bonds. The van der Waals surface area contributed by atoms with Crippen LogP contribution in [0.3, 0.4) is 0 Å². The van der Waals surface area contributed by atoms with E-state index in [1.807, 2.05) is 24.4 Å². The molecule has 0 aliphatic carbocycles. The number of hydrazone groups is 1. The molecule has 0 unspecified atom stereocenters. The second kappa shape index (κ2) is 4.98. The molecular formula is C15H16N4O2. The van der Waals surface area contributed by atoms with Crippen LogP contribution < -0.4 is 5.43 Å². The number of morpholine rings is 1. The lowest BCUT2D eigenvalue weighted by Gasteiger charge is -2.26. The smallest absolute Gasteiger partial charge is 0.272 e. The third-order valence-electron chi connectivity index (χ3n) is 4.03. The van der Waals surface area contributed by atoms with Crippen LogP contribution in [0.4, 0.5) is 0 Å². The van der Waals surface area contributed by atoms with Gasteiger partial charge in [0.25, 0.3) is 5.91 Å². The monoisotopic (exact) mass is 284 g/mol. The van der Waals surface area contributed by atoms with Gasteiger partial charge < -0.3 is 9.72 Å². The summed E-state index contributed by atoms with van der Waals surface area (Å²) in [5.74, 6) is -0.154. The number of amides is 1. The molecule has 1 aromatic carbocycles. The lowest BCUT2D eigenvalue weighted by atomic mass is 10.0. The van der Waals surface area contributed by atoms with Gasteiger partial charge in [0, 0.05) is 42.3 Å². The first kappa shape index (κ1) is 12.6. The van der Waals surface area contributed by atoms with E-state index in [0.717, 1.165) is 48.5 Å². The number of nitrogens with one attached hydrogen (secondary N) is 2. The number of nitrogens with zero attached hydrogens (tertiary/aromatic N) is 2. The zero-order valence-corrected chi connectivity index (χ0v) is 11.6. The van der Waals surface area contributed by atoms with Crippen LogP contribution in [-0.4, -0.2) is 54.4 Å². The summed E-state index contributed by atoms with van der Waals surface area (Å²) < 4.78 is 5.37. The molecule has 0 radical (unpaired) electrons. The van der Waals surface area contributed by atoms with Crippen LogP contribution in [0.15, 0.2) is 29.5 Å². The molecule has 6 heteroatoms. The van der Waals surface area contributed by atoms with Crippen molar-refractivity contribution in [3.05, 3.63) is 35.5 Å². The Morgan fingerprint density at radius 1 is 1.24 bits per heavy atom. The van der Waals surface area contributed by atoms with Crippen molar-refractivity contribution in [1.82, 2.24) is 15.3 Å². The Kier molecular flexibility index (Phi) is 2.98. The fourth-order valence-electron chi connectivity index (χ4n) is 2.93. The quantitative estimate of drug-likeness (QED) is 0.862. The number of benzene rings is 1. The van der Waals surface area contributed by atoms with E-state index in [4.69, 9.17) is 4.74 Å². The Bertz CT molecular complexity index is 728. The molecule has 0 atom stereocenters. The average molecular weight is 284 g/mol. The molecule has 4 rings (SSSR count). The van der Waals surface area contributed by atoms with Gasteiger partial charge in [0.15, 0.2) is 0 Å². The van der Waals surface area contributed by atoms with Gasteiger partial charge in [0.05, 0.1) is 24.5 Å². The van der Waals surface area contributed by atoms with Crippen molar-refractivity contribution in [2.75, 3.05) is 32.8 Å². The van der Waals surface area contributed by atoms with Crippen LogP contribution in [0.5, 0.6) is 0 Å². The molecule has 6 nitrogen and oxygen atoms in total. The second-order valence-corrected chi connectivity index (χ2v) is 5.32. The highest BCUT2D eigenvalue weighted by atomic mass is 16.5. The van der Waals surface area contributed by atoms with Crippen molar-refractivity contribution in [1.29, 1.82) is 0 Å². The van der Waals surface area contributed by atoms with Gasteiger partial charge in [0.2, 0.25) is 0 Å². The van der Waals surface area contributed by atoms with E-state index in [2.05, 4.69) is 20.4 Å². The van der Waals surface area contributed by atoms with E-state index in [9.17, 15) is 4.79 Å². The average Bonchev–Trinajstić information content (AvgIpc) is 2.90. The predicted molar refractivity (Wildman–Crippen MR) is 79.6 cm³/mol. The van der Waals surface area contributed by atoms with Gasteiger partial charge in [-0.25, -0.2) is 5.43 Å². The number of hydrogen-bond donors (Lipinski definition) is 2. The summed E-state index contributed by atoms with van der Waals surface area (Å²) in [7, 11) is 0. The van der Waals surface area contributed by atoms with Gasteiger partial charge in [-0.05, 0) is 12.1 Å². The van der Waals surface area contributed by atoms with Crippen LogP contribution in [0.25, 0.3) is 10.9 Å². The van der Waals surface area contributed by atoms with Crippen molar-refractivity contribution >= 4 is 22.5 Å². The number of hydrogen-bond acceptors (Lipinski definition) is 4. The van der Waals surface area contributed by atoms with Crippen molar-refractivity contribution < 1.29 is 9.53 Å². The van der Waals surface area contributed by atoms with E-state index < -0.39 is 0 Å². The van der Waals surface area contributed by atoms with Gasteiger partial charge in [-0.1, -0.05) is 6.07 Å². The summed E-state index contributed by atoms with van der Waals surface area (Å²) in [6.45, 7) is 3.99. The molecule has 1 aromatic heterocycles. The highest BCUT2D eigenvalue weighted by Crippen LogP contribution is 2.25. The summed E-state index contributed by atoms with van der Waals surface area (Å²) in [6, 6.07) is 5.69. The molecule has 2 aliphatic heterocycles. The minimum atomic E-state index is -0.154. The standard InChI is InChI=1S/C15H16N4O2/c20-15-10-2-1-3-12-14(10)11(8-16-12)13(17-18-15)9-19-4-6-21-7-5-19/h1-3,8,16H,4-7,9H2,(H,18,20). The van der Waals surface area contributed by atoms with E-state index in [1.54, 1.807) is 0 Å². The number of aromatic amines is 1. The molecule has 3 heterocycles. The SMILES string of the molecule is O=C1NN=C(CN2CCOCC2)c2c[nH]c3cccc1c23. The summed E-state index contributed by atoms with van der Waals surface area (Å²) in [5, 5.41) is 5.28. The summed E-state index contributed by atoms with van der Waals surface area (Å²) in [5.41, 5.74) is 6.19. The van der Waals surface area contributed by atoms with E-state index in [-0.39, 0.29) is 5.91 Å². The lowest BCUT2D eigenvalue weighted by molar-refractivity contribution is 0.0453. The summed E-state index contributed by atoms with van der Waals surface area (Å²) in [6.07, 6.45) is 1.94. The minimum absolute atomic E-state index is 0.154. The van der Waals surface area contributed by atoms with Gasteiger partial charge in [-0.2, -0.15) is 5.10 Å². The van der Waals surface area contributed by atoms with E-state index in [0.29, 0.717) is 12.1 Å². The molecule has 2 aromatic rings. The van der Waals surface area contributed by atoms with Crippen LogP contribution in [-0.2, 0) is 4.74 Å². The molecule has 1 fully saturated rings. The Balaban J connectivity index is 1.76. The number of rotatable bonds is 2. The molecule has 2 aliphatic rings. The molecule has 0 bridgehead atoms. The van der Waals surface area contributed by atoms with Crippen LogP contribution in [0, 0.1) is 0 Å². The van der Waals surface area contributed by atoms with Crippen molar-refractivity contribution in [3.63, 3.8) is 0 Å². The van der Waals surface area contributed by atoms with Gasteiger partial charge >= 0.3 is 0 Å². The molecule has 21 heavy (non-hydrogen) atoms. The molecular weight excluding hydrogens is 268 g/mol. The van der Waals surface area contributed by atoms with Crippen molar-refractivity contribution in [3.8, 4) is 0 Å². The number of carbonyl (C=O) groups is 1. The van der Waals surface area contributed by atoms with Gasteiger partial charge in [-0.15, -0.1) is 0 Å². The Labute approximate surface area is 121 Å². The van der Waals surface area contributed by atoms with Crippen LogP contribution in [0.2, 0.25) is 0 Å². The van der Waals surface area contributed by atoms with Crippen LogP contribution in [0.1, 0.15) is 15.9 Å². The third kappa shape index (κ3) is 2.12. The fraction of sp³-hybridized carbons (Fsp3) is 0.333. The lowest BCUT2D eigenvalue weighted by Crippen LogP contribution is -2.40. The number of H-pyrrole nitrogens is 1. The number of carbonyl (C=O) groups excluding carboxylic acids is 1. The topological polar surface area (TPSA) is 69.7 Å². The Morgan fingerprint density at radius 3 is 2.95 bits per heavy atom. The summed E-state index contributed by atoms with van der Waals surface area (Å²) >= 11 is 0. The largest absolute Gasteiger partial charge is 0.379 e. The molecule has 0 spiro atoms. The predicted octanol–water partition coefficient (Wildman–Crippen LogP) is 0.948. The number of aromatic nitrogens is 1. The maximum atomic E-state index is 12.2. The highest BCUT2D eigenvalue weighted by molar-refractivity contribution is 6.19. The maximum absolute atomic E-state index is 12.2. The van der Waals surface area contributed by atoms with Crippen molar-refractivity contribution in [2.24, 2.45) is 5.10 Å². The first-order valence-electron chi connectivity index (χ1n) is 7.10. The zero-order chi connectivity index (χ0) is 14.2. The molecule has 1 saturated heterocycles. The first-order valence-corrected chi connectivity index (χ1v) is 7.10. The highest BCUT2D eigenvalue weighted by Gasteiger charge is 2.23. The van der Waals surface area contributed by atoms with E-state index in [1.165, 1.54) is 0 Å². The number of ether oxygens (including phenoxy) is 1. The van der Waals surface area contributed by atoms with Crippen molar-refractivity contribution in [2.45, 2.75) is 0 Å². The molecule has 0 saturated carbocycles. The van der Waals surface area contributed by atoms with Crippen LogP contribution >= 0.6 is 0 Å². The fourth-order valence-corrected chi connectivity index (χ4v) is 2.93. The Morgan fingerprint density at radius 2 is 2.10 bits per heavy atom. The maximum Gasteiger partial charge on any atom is 0.272 e.